The fraction of sp³-hybridized carbons (Fsp3) is 0.556. The van der Waals surface area contributed by atoms with Gasteiger partial charge in [-0.1, -0.05) is 31.9 Å². The zero-order valence-electron chi connectivity index (χ0n) is 13.1. The molecule has 1 heterocycles. The van der Waals surface area contributed by atoms with E-state index in [1.807, 2.05) is 0 Å². The molecule has 0 spiro atoms. The lowest BCUT2D eigenvalue weighted by atomic mass is 10.1. The highest BCUT2D eigenvalue weighted by Gasteiger charge is 2.02. The van der Waals surface area contributed by atoms with Crippen LogP contribution in [0, 0.1) is 0 Å². The van der Waals surface area contributed by atoms with Crippen LogP contribution in [0.25, 0.3) is 10.9 Å². The molecule has 0 bridgehead atoms. The smallest absolute Gasteiger partial charge is 0.0483 e. The van der Waals surface area contributed by atoms with Crippen molar-refractivity contribution >= 4 is 10.9 Å². The maximum Gasteiger partial charge on any atom is 0.0483 e. The molecule has 0 fully saturated rings. The highest BCUT2D eigenvalue weighted by atomic mass is 16.2. The molecule has 1 aromatic carbocycles. The molecule has 116 valence electrons. The zero-order chi connectivity index (χ0) is 14.9. The number of hydrogen-bond donors (Lipinski definition) is 2. The topological polar surface area (TPSA) is 37.2 Å². The van der Waals surface area contributed by atoms with Crippen LogP contribution in [-0.2, 0) is 13.1 Å². The van der Waals surface area contributed by atoms with Gasteiger partial charge in [-0.15, -0.1) is 0 Å². The third-order valence-corrected chi connectivity index (χ3v) is 3.90. The Labute approximate surface area is 128 Å². The Hall–Kier alpha value is -1.32. The maximum absolute atomic E-state index is 8.80. The van der Waals surface area contributed by atoms with E-state index in [-0.39, 0.29) is 0 Å². The molecule has 3 nitrogen and oxygen atoms in total. The Bertz CT molecular complexity index is 533. The summed E-state index contributed by atoms with van der Waals surface area (Å²) in [6, 6.07) is 8.95. The van der Waals surface area contributed by atoms with Crippen molar-refractivity contribution in [3.8, 4) is 0 Å². The molecule has 0 saturated carbocycles. The number of aryl methyl sites for hydroxylation is 1. The normalized spacial score (nSPS) is 11.3. The van der Waals surface area contributed by atoms with Crippen molar-refractivity contribution in [1.29, 1.82) is 0 Å². The Morgan fingerprint density at radius 3 is 2.76 bits per heavy atom. The largest absolute Gasteiger partial charge is 0.396 e. The van der Waals surface area contributed by atoms with Crippen molar-refractivity contribution < 1.29 is 5.11 Å². The molecule has 0 atom stereocenters. The summed E-state index contributed by atoms with van der Waals surface area (Å²) in [4.78, 5) is 0. The van der Waals surface area contributed by atoms with Gasteiger partial charge in [0.2, 0.25) is 0 Å². The average Bonchev–Trinajstić information content (AvgIpc) is 2.90. The molecular weight excluding hydrogens is 260 g/mol. The first-order valence-corrected chi connectivity index (χ1v) is 8.24. The summed E-state index contributed by atoms with van der Waals surface area (Å²) in [5.74, 6) is 0. The number of nitrogens with zero attached hydrogens (tertiary/aromatic N) is 1. The minimum atomic E-state index is 0.320. The number of hydrogen-bond acceptors (Lipinski definition) is 2. The fourth-order valence-corrected chi connectivity index (χ4v) is 2.69. The van der Waals surface area contributed by atoms with Gasteiger partial charge in [0, 0.05) is 31.4 Å². The van der Waals surface area contributed by atoms with Crippen LogP contribution in [0.15, 0.2) is 30.5 Å². The number of nitrogens with one attached hydrogen (secondary N) is 1. The van der Waals surface area contributed by atoms with Gasteiger partial charge in [-0.25, -0.2) is 0 Å². The molecule has 21 heavy (non-hydrogen) atoms. The minimum Gasteiger partial charge on any atom is -0.396 e. The molecule has 0 unspecified atom stereocenters. The molecule has 2 N–H and O–H groups in total. The summed E-state index contributed by atoms with van der Waals surface area (Å²) in [5, 5.41) is 13.6. The third-order valence-electron chi connectivity index (χ3n) is 3.90. The fourth-order valence-electron chi connectivity index (χ4n) is 2.69. The van der Waals surface area contributed by atoms with Gasteiger partial charge in [0.15, 0.2) is 0 Å². The molecular formula is C18H28N2O. The van der Waals surface area contributed by atoms with Gasteiger partial charge in [0.05, 0.1) is 0 Å². The van der Waals surface area contributed by atoms with Crippen molar-refractivity contribution in [3.05, 3.63) is 36.0 Å². The summed E-state index contributed by atoms with van der Waals surface area (Å²) >= 11 is 0. The van der Waals surface area contributed by atoms with Crippen LogP contribution in [-0.4, -0.2) is 22.8 Å². The van der Waals surface area contributed by atoms with E-state index in [0.29, 0.717) is 6.61 Å². The van der Waals surface area contributed by atoms with E-state index in [4.69, 9.17) is 5.11 Å². The molecule has 1 aromatic heterocycles. The average molecular weight is 288 g/mol. The lowest BCUT2D eigenvalue weighted by molar-refractivity contribution is 0.282. The van der Waals surface area contributed by atoms with Crippen molar-refractivity contribution in [3.63, 3.8) is 0 Å². The van der Waals surface area contributed by atoms with Gasteiger partial charge in [0.25, 0.3) is 0 Å². The molecule has 2 aromatic rings. The van der Waals surface area contributed by atoms with Crippen molar-refractivity contribution in [2.75, 3.05) is 13.2 Å². The lowest BCUT2D eigenvalue weighted by Gasteiger charge is -2.08. The summed E-state index contributed by atoms with van der Waals surface area (Å²) in [6.45, 7) is 5.61. The minimum absolute atomic E-state index is 0.320. The quantitative estimate of drug-likeness (QED) is 0.654. The lowest BCUT2D eigenvalue weighted by Crippen LogP contribution is -2.13. The number of fused-ring (bicyclic) bond motifs is 1. The van der Waals surface area contributed by atoms with E-state index >= 15 is 0 Å². The predicted octanol–water partition coefficient (Wildman–Crippen LogP) is 3.69. The second-order valence-corrected chi connectivity index (χ2v) is 5.72. The van der Waals surface area contributed by atoms with Crippen LogP contribution < -0.4 is 5.32 Å². The highest BCUT2D eigenvalue weighted by Crippen LogP contribution is 2.18. The first kappa shape index (κ1) is 16.1. The van der Waals surface area contributed by atoms with E-state index in [2.05, 4.69) is 47.3 Å². The second kappa shape index (κ2) is 8.85. The van der Waals surface area contributed by atoms with Crippen LogP contribution in [0.4, 0.5) is 0 Å². The maximum atomic E-state index is 8.80. The molecule has 3 heteroatoms. The first-order valence-electron chi connectivity index (χ1n) is 8.24. The monoisotopic (exact) mass is 288 g/mol. The van der Waals surface area contributed by atoms with E-state index < -0.39 is 0 Å². The van der Waals surface area contributed by atoms with Crippen molar-refractivity contribution in [1.82, 2.24) is 9.88 Å². The van der Waals surface area contributed by atoms with Gasteiger partial charge < -0.3 is 15.0 Å². The Kier molecular flexibility index (Phi) is 6.77. The van der Waals surface area contributed by atoms with Crippen LogP contribution in [0.1, 0.15) is 44.6 Å². The SMILES string of the molecule is CCCNCc1ccc2ccn(CCCCCCO)c2c1. The number of aliphatic hydroxyl groups is 1. The standard InChI is InChI=1S/C18H28N2O/c1-2-10-19-15-16-7-8-17-9-12-20(18(17)14-16)11-5-3-4-6-13-21/h7-9,12,14,19,21H,2-6,10-11,13,15H2,1H3. The van der Waals surface area contributed by atoms with E-state index in [0.717, 1.165) is 32.5 Å². The van der Waals surface area contributed by atoms with E-state index in [1.54, 1.807) is 0 Å². The van der Waals surface area contributed by atoms with Crippen LogP contribution >= 0.6 is 0 Å². The second-order valence-electron chi connectivity index (χ2n) is 5.72. The molecule has 0 saturated heterocycles. The molecule has 0 aliphatic carbocycles. The van der Waals surface area contributed by atoms with E-state index in [1.165, 1.54) is 35.7 Å². The predicted molar refractivity (Wildman–Crippen MR) is 89.5 cm³/mol. The first-order chi connectivity index (χ1) is 10.3. The zero-order valence-corrected chi connectivity index (χ0v) is 13.1. The van der Waals surface area contributed by atoms with Gasteiger partial charge >= 0.3 is 0 Å². The number of aliphatic hydroxyl groups excluding tert-OH is 1. The Morgan fingerprint density at radius 1 is 1.10 bits per heavy atom. The Morgan fingerprint density at radius 2 is 1.95 bits per heavy atom. The van der Waals surface area contributed by atoms with Crippen LogP contribution in [0.3, 0.4) is 0 Å². The molecule has 0 aliphatic heterocycles. The molecule has 0 radical (unpaired) electrons. The van der Waals surface area contributed by atoms with Gasteiger partial charge in [-0.3, -0.25) is 0 Å². The van der Waals surface area contributed by atoms with Gasteiger partial charge in [-0.2, -0.15) is 0 Å². The highest BCUT2D eigenvalue weighted by molar-refractivity contribution is 5.80. The third kappa shape index (κ3) is 4.87. The summed E-state index contributed by atoms with van der Waals surface area (Å²) in [5.41, 5.74) is 2.70. The van der Waals surface area contributed by atoms with Crippen LogP contribution in [0.2, 0.25) is 0 Å². The molecule has 2 rings (SSSR count). The number of aromatic nitrogens is 1. The summed E-state index contributed by atoms with van der Waals surface area (Å²) in [6.07, 6.45) is 7.80. The summed E-state index contributed by atoms with van der Waals surface area (Å²) in [7, 11) is 0. The summed E-state index contributed by atoms with van der Waals surface area (Å²) < 4.78 is 2.36. The number of benzene rings is 1. The molecule has 0 amide bonds. The van der Waals surface area contributed by atoms with Crippen molar-refractivity contribution in [2.24, 2.45) is 0 Å². The number of unbranched alkanes of at least 4 members (excludes halogenated alkanes) is 3. The van der Waals surface area contributed by atoms with Gasteiger partial charge in [-0.05, 0) is 48.9 Å². The van der Waals surface area contributed by atoms with E-state index in [9.17, 15) is 0 Å². The van der Waals surface area contributed by atoms with Crippen molar-refractivity contribution in [2.45, 2.75) is 52.1 Å². The molecule has 0 aliphatic rings. The number of rotatable bonds is 10. The Balaban J connectivity index is 1.94. The van der Waals surface area contributed by atoms with Crippen LogP contribution in [0.5, 0.6) is 0 Å². The van der Waals surface area contributed by atoms with Gasteiger partial charge in [0.1, 0.15) is 0 Å².